The Morgan fingerprint density at radius 2 is 1.93 bits per heavy atom. The molecule has 2 rings (SSSR count). The van der Waals surface area contributed by atoms with E-state index in [4.69, 9.17) is 0 Å². The molecule has 1 heterocycles. The van der Waals surface area contributed by atoms with Gasteiger partial charge in [-0.25, -0.2) is 0 Å². The van der Waals surface area contributed by atoms with Gasteiger partial charge in [-0.1, -0.05) is 6.42 Å². The first kappa shape index (κ1) is 10.4. The lowest BCUT2D eigenvalue weighted by Crippen LogP contribution is -2.40. The van der Waals surface area contributed by atoms with Crippen molar-refractivity contribution in [3.05, 3.63) is 0 Å². The Balaban J connectivity index is 1.74. The molecule has 2 N–H and O–H groups in total. The molecule has 0 radical (unpaired) electrons. The quantitative estimate of drug-likeness (QED) is 0.716. The number of rotatable bonds is 4. The molecule has 1 unspecified atom stereocenters. The van der Waals surface area contributed by atoms with E-state index in [1.165, 1.54) is 51.6 Å². The van der Waals surface area contributed by atoms with Crippen LogP contribution in [0.3, 0.4) is 0 Å². The van der Waals surface area contributed by atoms with Crippen LogP contribution in [0.1, 0.15) is 38.5 Å². The number of hydrogen-bond donors (Lipinski definition) is 2. The van der Waals surface area contributed by atoms with E-state index in [-0.39, 0.29) is 0 Å². The number of piperidine rings is 1. The highest BCUT2D eigenvalue weighted by Gasteiger charge is 2.28. The first-order valence-electron chi connectivity index (χ1n) is 6.28. The lowest BCUT2D eigenvalue weighted by Gasteiger charge is -2.36. The number of nitrogens with one attached hydrogen (secondary N) is 2. The predicted molar refractivity (Wildman–Crippen MR) is 60.4 cm³/mol. The van der Waals surface area contributed by atoms with Crippen molar-refractivity contribution in [3.8, 4) is 0 Å². The summed E-state index contributed by atoms with van der Waals surface area (Å²) < 4.78 is 0. The second kappa shape index (κ2) is 5.13. The Labute approximate surface area is 87.8 Å². The Morgan fingerprint density at radius 1 is 1.21 bits per heavy atom. The third kappa shape index (κ3) is 2.48. The highest BCUT2D eigenvalue weighted by atomic mass is 14.9. The first-order chi connectivity index (χ1) is 6.90. The van der Waals surface area contributed by atoms with Crippen LogP contribution < -0.4 is 10.6 Å². The molecule has 2 heteroatoms. The van der Waals surface area contributed by atoms with Crippen LogP contribution in [0.2, 0.25) is 0 Å². The minimum atomic E-state index is 0.812. The topological polar surface area (TPSA) is 24.1 Å². The summed E-state index contributed by atoms with van der Waals surface area (Å²) in [5.41, 5.74) is 0. The van der Waals surface area contributed by atoms with Crippen LogP contribution in [-0.2, 0) is 0 Å². The molecule has 2 nitrogen and oxygen atoms in total. The minimum Gasteiger partial charge on any atom is -0.317 e. The van der Waals surface area contributed by atoms with Crippen LogP contribution in [0.25, 0.3) is 0 Å². The molecule has 14 heavy (non-hydrogen) atoms. The van der Waals surface area contributed by atoms with Crippen molar-refractivity contribution in [1.29, 1.82) is 0 Å². The Morgan fingerprint density at radius 3 is 2.43 bits per heavy atom. The molecular formula is C12H24N2. The molecule has 1 aliphatic heterocycles. The fourth-order valence-corrected chi connectivity index (χ4v) is 2.86. The lowest BCUT2D eigenvalue weighted by molar-refractivity contribution is 0.194. The van der Waals surface area contributed by atoms with Crippen LogP contribution in [-0.4, -0.2) is 26.2 Å². The van der Waals surface area contributed by atoms with Gasteiger partial charge in [-0.2, -0.15) is 0 Å². The van der Waals surface area contributed by atoms with Gasteiger partial charge in [0.1, 0.15) is 0 Å². The predicted octanol–water partition coefficient (Wildman–Crippen LogP) is 1.76. The van der Waals surface area contributed by atoms with Gasteiger partial charge in [-0.15, -0.1) is 0 Å². The third-order valence-electron chi connectivity index (χ3n) is 4.14. The van der Waals surface area contributed by atoms with Gasteiger partial charge in [-0.3, -0.25) is 0 Å². The van der Waals surface area contributed by atoms with Crippen LogP contribution in [0.15, 0.2) is 0 Å². The average Bonchev–Trinajstić information content (AvgIpc) is 2.15. The molecule has 2 fully saturated rings. The van der Waals surface area contributed by atoms with E-state index >= 15 is 0 Å². The van der Waals surface area contributed by atoms with E-state index < -0.39 is 0 Å². The summed E-state index contributed by atoms with van der Waals surface area (Å²) in [6, 6.07) is 0.812. The number of hydrogen-bond acceptors (Lipinski definition) is 2. The first-order valence-corrected chi connectivity index (χ1v) is 6.28. The molecule has 0 spiro atoms. The molecule has 2 aliphatic rings. The lowest BCUT2D eigenvalue weighted by atomic mass is 9.75. The molecule has 1 atom stereocenters. The summed E-state index contributed by atoms with van der Waals surface area (Å²) in [5, 5.41) is 6.97. The molecule has 0 aromatic rings. The zero-order chi connectivity index (χ0) is 9.80. The Bertz CT molecular complexity index is 160. The normalized spacial score (nSPS) is 27.2. The van der Waals surface area contributed by atoms with E-state index in [1.54, 1.807) is 0 Å². The van der Waals surface area contributed by atoms with Gasteiger partial charge in [0.25, 0.3) is 0 Å². The van der Waals surface area contributed by atoms with Gasteiger partial charge in [0.15, 0.2) is 0 Å². The van der Waals surface area contributed by atoms with Crippen molar-refractivity contribution in [2.24, 2.45) is 11.8 Å². The Kier molecular flexibility index (Phi) is 3.82. The van der Waals surface area contributed by atoms with Crippen molar-refractivity contribution >= 4 is 0 Å². The molecule has 1 aliphatic carbocycles. The van der Waals surface area contributed by atoms with Gasteiger partial charge < -0.3 is 10.6 Å². The van der Waals surface area contributed by atoms with Crippen LogP contribution in [0.4, 0.5) is 0 Å². The van der Waals surface area contributed by atoms with Gasteiger partial charge in [0.05, 0.1) is 0 Å². The van der Waals surface area contributed by atoms with Gasteiger partial charge in [-0.05, 0) is 64.1 Å². The molecule has 1 saturated carbocycles. The molecular weight excluding hydrogens is 172 g/mol. The second-order valence-electron chi connectivity index (χ2n) is 5.02. The summed E-state index contributed by atoms with van der Waals surface area (Å²) in [5.74, 6) is 1.98. The summed E-state index contributed by atoms with van der Waals surface area (Å²) >= 11 is 0. The maximum atomic E-state index is 3.53. The third-order valence-corrected chi connectivity index (χ3v) is 4.14. The van der Waals surface area contributed by atoms with Crippen molar-refractivity contribution in [1.82, 2.24) is 10.6 Å². The minimum absolute atomic E-state index is 0.812. The molecule has 0 aromatic heterocycles. The van der Waals surface area contributed by atoms with Crippen molar-refractivity contribution in [2.45, 2.75) is 44.6 Å². The summed E-state index contributed by atoms with van der Waals surface area (Å²) in [6.07, 6.45) is 8.61. The van der Waals surface area contributed by atoms with Crippen LogP contribution in [0, 0.1) is 11.8 Å². The van der Waals surface area contributed by atoms with Gasteiger partial charge in [0, 0.05) is 6.04 Å². The summed E-state index contributed by atoms with van der Waals surface area (Å²) in [7, 11) is 2.14. The van der Waals surface area contributed by atoms with E-state index in [9.17, 15) is 0 Å². The van der Waals surface area contributed by atoms with Crippen molar-refractivity contribution < 1.29 is 0 Å². The summed E-state index contributed by atoms with van der Waals surface area (Å²) in [4.78, 5) is 0. The second-order valence-corrected chi connectivity index (χ2v) is 5.02. The standard InChI is InChI=1S/C12H24N2/c1-13-12(11-3-2-4-11)9-10-5-7-14-8-6-10/h10-14H,2-9H2,1H3. The molecule has 1 saturated heterocycles. The van der Waals surface area contributed by atoms with Crippen LogP contribution in [0.5, 0.6) is 0 Å². The Hall–Kier alpha value is -0.0800. The van der Waals surface area contributed by atoms with Gasteiger partial charge in [0.2, 0.25) is 0 Å². The smallest absolute Gasteiger partial charge is 0.00949 e. The fraction of sp³-hybridized carbons (Fsp3) is 1.00. The average molecular weight is 196 g/mol. The maximum Gasteiger partial charge on any atom is 0.00949 e. The van der Waals surface area contributed by atoms with E-state index in [0.29, 0.717) is 0 Å². The van der Waals surface area contributed by atoms with E-state index in [0.717, 1.165) is 17.9 Å². The van der Waals surface area contributed by atoms with Gasteiger partial charge >= 0.3 is 0 Å². The highest BCUT2D eigenvalue weighted by molar-refractivity contribution is 4.84. The van der Waals surface area contributed by atoms with E-state index in [2.05, 4.69) is 17.7 Å². The van der Waals surface area contributed by atoms with Crippen LogP contribution >= 0.6 is 0 Å². The molecule has 0 bridgehead atoms. The summed E-state index contributed by atoms with van der Waals surface area (Å²) in [6.45, 7) is 2.48. The molecule has 0 aromatic carbocycles. The van der Waals surface area contributed by atoms with Crippen molar-refractivity contribution in [3.63, 3.8) is 0 Å². The fourth-order valence-electron chi connectivity index (χ4n) is 2.86. The monoisotopic (exact) mass is 196 g/mol. The highest BCUT2D eigenvalue weighted by Crippen LogP contribution is 2.33. The zero-order valence-electron chi connectivity index (χ0n) is 9.39. The molecule has 82 valence electrons. The maximum absolute atomic E-state index is 3.53. The zero-order valence-corrected chi connectivity index (χ0v) is 9.39. The SMILES string of the molecule is CNC(CC1CCNCC1)C1CCC1. The molecule has 0 amide bonds. The van der Waals surface area contributed by atoms with E-state index in [1.807, 2.05) is 0 Å². The largest absolute Gasteiger partial charge is 0.317 e. The van der Waals surface area contributed by atoms with Crippen molar-refractivity contribution in [2.75, 3.05) is 20.1 Å².